The predicted octanol–water partition coefficient (Wildman–Crippen LogP) is 2.14. The SMILES string of the molecule is CSCC(C)CNC(=O)c1cc(F)ccc1N. The van der Waals surface area contributed by atoms with Gasteiger partial charge in [-0.25, -0.2) is 4.39 Å². The molecule has 0 fully saturated rings. The standard InChI is InChI=1S/C12H17FN2OS/c1-8(7-17-2)6-15-12(16)10-5-9(13)3-4-11(10)14/h3-5,8H,6-7,14H2,1-2H3,(H,15,16). The van der Waals surface area contributed by atoms with Crippen LogP contribution in [-0.2, 0) is 0 Å². The Morgan fingerprint density at radius 3 is 2.94 bits per heavy atom. The molecule has 5 heteroatoms. The molecule has 0 heterocycles. The fourth-order valence-electron chi connectivity index (χ4n) is 1.43. The normalized spacial score (nSPS) is 12.2. The minimum absolute atomic E-state index is 0.196. The van der Waals surface area contributed by atoms with Crippen LogP contribution in [0.2, 0.25) is 0 Å². The van der Waals surface area contributed by atoms with E-state index >= 15 is 0 Å². The maximum absolute atomic E-state index is 13.0. The Morgan fingerprint density at radius 1 is 1.59 bits per heavy atom. The number of hydrogen-bond donors (Lipinski definition) is 2. The van der Waals surface area contributed by atoms with E-state index in [0.29, 0.717) is 18.2 Å². The van der Waals surface area contributed by atoms with E-state index < -0.39 is 5.82 Å². The van der Waals surface area contributed by atoms with Gasteiger partial charge in [-0.3, -0.25) is 4.79 Å². The zero-order valence-corrected chi connectivity index (χ0v) is 10.8. The number of halogens is 1. The number of carbonyl (C=O) groups is 1. The Labute approximate surface area is 105 Å². The van der Waals surface area contributed by atoms with Crippen LogP contribution < -0.4 is 11.1 Å². The Hall–Kier alpha value is -1.23. The van der Waals surface area contributed by atoms with Crippen molar-refractivity contribution in [2.45, 2.75) is 6.92 Å². The molecule has 94 valence electrons. The lowest BCUT2D eigenvalue weighted by atomic mass is 10.1. The van der Waals surface area contributed by atoms with E-state index in [1.54, 1.807) is 11.8 Å². The molecule has 0 aromatic heterocycles. The van der Waals surface area contributed by atoms with Crippen molar-refractivity contribution in [3.63, 3.8) is 0 Å². The third-order valence-corrected chi connectivity index (χ3v) is 3.22. The first-order chi connectivity index (χ1) is 8.04. The highest BCUT2D eigenvalue weighted by molar-refractivity contribution is 7.98. The highest BCUT2D eigenvalue weighted by atomic mass is 32.2. The smallest absolute Gasteiger partial charge is 0.253 e. The molecule has 0 aliphatic rings. The monoisotopic (exact) mass is 256 g/mol. The number of amides is 1. The Kier molecular flexibility index (Phi) is 5.28. The molecule has 3 N–H and O–H groups in total. The highest BCUT2D eigenvalue weighted by Crippen LogP contribution is 2.13. The molecule has 1 unspecified atom stereocenters. The Balaban J connectivity index is 2.61. The van der Waals surface area contributed by atoms with E-state index in [4.69, 9.17) is 5.73 Å². The van der Waals surface area contributed by atoms with Gasteiger partial charge in [0.1, 0.15) is 5.82 Å². The maximum atomic E-state index is 13.0. The second-order valence-corrected chi connectivity index (χ2v) is 4.91. The first-order valence-electron chi connectivity index (χ1n) is 5.36. The van der Waals surface area contributed by atoms with Crippen LogP contribution in [0.4, 0.5) is 10.1 Å². The van der Waals surface area contributed by atoms with E-state index in [9.17, 15) is 9.18 Å². The van der Waals surface area contributed by atoms with E-state index in [1.165, 1.54) is 12.1 Å². The highest BCUT2D eigenvalue weighted by Gasteiger charge is 2.11. The van der Waals surface area contributed by atoms with Crippen LogP contribution in [0, 0.1) is 11.7 Å². The number of nitrogens with one attached hydrogen (secondary N) is 1. The number of thioether (sulfide) groups is 1. The van der Waals surface area contributed by atoms with Gasteiger partial charge < -0.3 is 11.1 Å². The van der Waals surface area contributed by atoms with Crippen molar-refractivity contribution in [1.29, 1.82) is 0 Å². The van der Waals surface area contributed by atoms with Crippen LogP contribution in [-0.4, -0.2) is 24.5 Å². The molecular formula is C12H17FN2OS. The third kappa shape index (κ3) is 4.26. The number of benzene rings is 1. The first kappa shape index (κ1) is 13.8. The zero-order valence-electron chi connectivity index (χ0n) is 10.00. The summed E-state index contributed by atoms with van der Waals surface area (Å²) in [5.74, 6) is 0.569. The number of hydrogen-bond acceptors (Lipinski definition) is 3. The molecule has 0 aliphatic heterocycles. The average molecular weight is 256 g/mol. The summed E-state index contributed by atoms with van der Waals surface area (Å²) in [5, 5.41) is 2.75. The molecule has 0 aliphatic carbocycles. The number of nitrogen functional groups attached to an aromatic ring is 1. The quantitative estimate of drug-likeness (QED) is 0.794. The van der Waals surface area contributed by atoms with E-state index in [2.05, 4.69) is 5.32 Å². The molecule has 0 spiro atoms. The van der Waals surface area contributed by atoms with Gasteiger partial charge in [-0.05, 0) is 36.1 Å². The molecule has 1 aromatic rings. The third-order valence-electron chi connectivity index (χ3n) is 2.32. The van der Waals surface area contributed by atoms with E-state index in [0.717, 1.165) is 11.8 Å². The van der Waals surface area contributed by atoms with Crippen LogP contribution in [0.3, 0.4) is 0 Å². The fourth-order valence-corrected chi connectivity index (χ4v) is 2.12. The second-order valence-electron chi connectivity index (χ2n) is 4.00. The summed E-state index contributed by atoms with van der Waals surface area (Å²) in [6.45, 7) is 2.61. The summed E-state index contributed by atoms with van der Waals surface area (Å²) >= 11 is 1.73. The number of nitrogens with two attached hydrogens (primary N) is 1. The van der Waals surface area contributed by atoms with Gasteiger partial charge in [0.25, 0.3) is 5.91 Å². The minimum atomic E-state index is -0.457. The van der Waals surface area contributed by atoms with Crippen LogP contribution in [0.5, 0.6) is 0 Å². The van der Waals surface area contributed by atoms with Gasteiger partial charge in [0.2, 0.25) is 0 Å². The van der Waals surface area contributed by atoms with Gasteiger partial charge in [-0.1, -0.05) is 6.92 Å². The van der Waals surface area contributed by atoms with Crippen molar-refractivity contribution >= 4 is 23.4 Å². The zero-order chi connectivity index (χ0) is 12.8. The van der Waals surface area contributed by atoms with Crippen molar-refractivity contribution in [2.75, 3.05) is 24.3 Å². The fraction of sp³-hybridized carbons (Fsp3) is 0.417. The lowest BCUT2D eigenvalue weighted by Gasteiger charge is -2.12. The van der Waals surface area contributed by atoms with Crippen molar-refractivity contribution < 1.29 is 9.18 Å². The summed E-state index contributed by atoms with van der Waals surface area (Å²) in [4.78, 5) is 11.8. The lowest BCUT2D eigenvalue weighted by molar-refractivity contribution is 0.0949. The molecular weight excluding hydrogens is 239 g/mol. The molecule has 1 atom stereocenters. The molecule has 0 radical (unpaired) electrons. The topological polar surface area (TPSA) is 55.1 Å². The Bertz CT molecular complexity index is 398. The van der Waals surface area contributed by atoms with Gasteiger partial charge in [-0.2, -0.15) is 11.8 Å². The lowest BCUT2D eigenvalue weighted by Crippen LogP contribution is -2.29. The molecule has 1 aromatic carbocycles. The molecule has 17 heavy (non-hydrogen) atoms. The van der Waals surface area contributed by atoms with Gasteiger partial charge in [0.15, 0.2) is 0 Å². The van der Waals surface area contributed by atoms with Crippen LogP contribution in [0.25, 0.3) is 0 Å². The molecule has 0 saturated heterocycles. The summed E-state index contributed by atoms with van der Waals surface area (Å²) in [6.07, 6.45) is 2.02. The molecule has 1 amide bonds. The van der Waals surface area contributed by atoms with Crippen molar-refractivity contribution in [2.24, 2.45) is 5.92 Å². The molecule has 0 bridgehead atoms. The van der Waals surface area contributed by atoms with Crippen LogP contribution >= 0.6 is 11.8 Å². The van der Waals surface area contributed by atoms with Crippen molar-refractivity contribution in [3.05, 3.63) is 29.6 Å². The molecule has 1 rings (SSSR count). The summed E-state index contributed by atoms with van der Waals surface area (Å²) in [6, 6.07) is 3.79. The van der Waals surface area contributed by atoms with Gasteiger partial charge in [-0.15, -0.1) is 0 Å². The van der Waals surface area contributed by atoms with Crippen molar-refractivity contribution in [1.82, 2.24) is 5.32 Å². The van der Waals surface area contributed by atoms with Gasteiger partial charge in [0.05, 0.1) is 5.56 Å². The summed E-state index contributed by atoms with van der Waals surface area (Å²) < 4.78 is 13.0. The first-order valence-corrected chi connectivity index (χ1v) is 6.76. The van der Waals surface area contributed by atoms with E-state index in [-0.39, 0.29) is 11.5 Å². The minimum Gasteiger partial charge on any atom is -0.398 e. The summed E-state index contributed by atoms with van der Waals surface area (Å²) in [5.41, 5.74) is 6.11. The molecule has 0 saturated carbocycles. The van der Waals surface area contributed by atoms with Crippen molar-refractivity contribution in [3.8, 4) is 0 Å². The number of carbonyl (C=O) groups excluding carboxylic acids is 1. The number of rotatable bonds is 5. The largest absolute Gasteiger partial charge is 0.398 e. The van der Waals surface area contributed by atoms with Crippen LogP contribution in [0.1, 0.15) is 17.3 Å². The predicted molar refractivity (Wildman–Crippen MR) is 70.7 cm³/mol. The summed E-state index contributed by atoms with van der Waals surface area (Å²) in [7, 11) is 0. The second kappa shape index (κ2) is 6.49. The van der Waals surface area contributed by atoms with Gasteiger partial charge in [0, 0.05) is 12.2 Å². The Morgan fingerprint density at radius 2 is 2.29 bits per heavy atom. The number of anilines is 1. The van der Waals surface area contributed by atoms with E-state index in [1.807, 2.05) is 13.2 Å². The van der Waals surface area contributed by atoms with Crippen LogP contribution in [0.15, 0.2) is 18.2 Å². The van der Waals surface area contributed by atoms with Gasteiger partial charge >= 0.3 is 0 Å². The average Bonchev–Trinajstić information content (AvgIpc) is 2.29. The molecule has 3 nitrogen and oxygen atoms in total. The maximum Gasteiger partial charge on any atom is 0.253 e.